The number of hydrogen-bond donors (Lipinski definition) is 2. The maximum Gasteiger partial charge on any atom is 0.267 e. The van der Waals surface area contributed by atoms with E-state index in [1.807, 2.05) is 0 Å². The average Bonchev–Trinajstić information content (AvgIpc) is 2.39. The molecule has 1 amide bonds. The molecule has 7 nitrogen and oxygen atoms in total. The third-order valence-corrected chi connectivity index (χ3v) is 4.56. The van der Waals surface area contributed by atoms with E-state index in [4.69, 9.17) is 16.3 Å². The van der Waals surface area contributed by atoms with Crippen LogP contribution in [0.15, 0.2) is 23.1 Å². The topological polar surface area (TPSA) is 116 Å². The van der Waals surface area contributed by atoms with Gasteiger partial charge in [0.1, 0.15) is 4.90 Å². The molecule has 0 aromatic heterocycles. The Morgan fingerprint density at radius 3 is 2.58 bits per heavy atom. The summed E-state index contributed by atoms with van der Waals surface area (Å²) in [6, 6.07) is 3.84. The van der Waals surface area contributed by atoms with Crippen LogP contribution in [-0.2, 0) is 14.9 Å². The van der Waals surface area contributed by atoms with E-state index in [1.165, 1.54) is 18.2 Å². The summed E-state index contributed by atoms with van der Waals surface area (Å²) in [5.74, 6) is -0.662. The van der Waals surface area contributed by atoms with Crippen molar-refractivity contribution in [3.8, 4) is 0 Å². The highest BCUT2D eigenvalue weighted by atomic mass is 32.2. The lowest BCUT2D eigenvalue weighted by Gasteiger charge is -2.25. The molecule has 104 valence electrons. The van der Waals surface area contributed by atoms with Crippen molar-refractivity contribution < 1.29 is 18.0 Å². The van der Waals surface area contributed by atoms with E-state index < -0.39 is 15.9 Å². The molecule has 1 fully saturated rings. The van der Waals surface area contributed by atoms with Gasteiger partial charge >= 0.3 is 0 Å². The molecule has 8 heteroatoms. The number of nitrogen functional groups attached to an aromatic ring is 1. The largest absolute Gasteiger partial charge is 0.398 e. The van der Waals surface area contributed by atoms with Gasteiger partial charge in [-0.1, -0.05) is 4.47 Å². The molecule has 0 aliphatic carbocycles. The summed E-state index contributed by atoms with van der Waals surface area (Å²) in [7, 11) is -3.80. The maximum atomic E-state index is 12.3. The second-order valence-electron chi connectivity index (χ2n) is 4.19. The third kappa shape index (κ3) is 2.70. The van der Waals surface area contributed by atoms with Crippen molar-refractivity contribution in [3.63, 3.8) is 0 Å². The SMILES string of the molecule is NC(=O)c1ccc(S(=O)(=O)N2CCCCO2)c(N)c1. The molecule has 0 bridgehead atoms. The molecule has 0 radical (unpaired) electrons. The van der Waals surface area contributed by atoms with Gasteiger partial charge in [-0.15, -0.1) is 0 Å². The van der Waals surface area contributed by atoms with Gasteiger partial charge in [0.2, 0.25) is 5.91 Å². The van der Waals surface area contributed by atoms with Gasteiger partial charge in [0.15, 0.2) is 0 Å². The quantitative estimate of drug-likeness (QED) is 0.763. The van der Waals surface area contributed by atoms with Crippen LogP contribution in [0.4, 0.5) is 5.69 Å². The van der Waals surface area contributed by atoms with Gasteiger partial charge in [0.25, 0.3) is 10.0 Å². The lowest BCUT2D eigenvalue weighted by Crippen LogP contribution is -2.36. The maximum absolute atomic E-state index is 12.3. The number of carbonyl (C=O) groups excluding carboxylic acids is 1. The Kier molecular flexibility index (Phi) is 3.74. The number of carbonyl (C=O) groups is 1. The summed E-state index contributed by atoms with van der Waals surface area (Å²) in [6.45, 7) is 0.651. The molecule has 0 atom stereocenters. The number of nitrogens with zero attached hydrogens (tertiary/aromatic N) is 1. The molecule has 0 saturated carbocycles. The van der Waals surface area contributed by atoms with Crippen LogP contribution in [0.2, 0.25) is 0 Å². The standard InChI is InChI=1S/C11H15N3O4S/c12-9-7-8(11(13)15)3-4-10(9)19(16,17)14-5-1-2-6-18-14/h3-4,7H,1-2,5-6,12H2,(H2,13,15). The average molecular weight is 285 g/mol. The summed E-state index contributed by atoms with van der Waals surface area (Å²) in [5.41, 5.74) is 10.9. The van der Waals surface area contributed by atoms with Crippen LogP contribution < -0.4 is 11.5 Å². The molecule has 1 heterocycles. The van der Waals surface area contributed by atoms with Crippen LogP contribution >= 0.6 is 0 Å². The van der Waals surface area contributed by atoms with Crippen molar-refractivity contribution in [2.24, 2.45) is 5.73 Å². The first-order valence-corrected chi connectivity index (χ1v) is 7.22. The normalized spacial score (nSPS) is 17.3. The van der Waals surface area contributed by atoms with Gasteiger partial charge in [-0.05, 0) is 31.0 Å². The third-order valence-electron chi connectivity index (χ3n) is 2.81. The van der Waals surface area contributed by atoms with Crippen LogP contribution in [0.1, 0.15) is 23.2 Å². The minimum atomic E-state index is -3.80. The fourth-order valence-electron chi connectivity index (χ4n) is 1.81. The Morgan fingerprint density at radius 2 is 2.05 bits per heavy atom. The van der Waals surface area contributed by atoms with Crippen molar-refractivity contribution in [1.29, 1.82) is 0 Å². The monoisotopic (exact) mass is 285 g/mol. The zero-order valence-electron chi connectivity index (χ0n) is 10.2. The van der Waals surface area contributed by atoms with Crippen molar-refractivity contribution in [2.45, 2.75) is 17.7 Å². The van der Waals surface area contributed by atoms with Crippen LogP contribution in [0.5, 0.6) is 0 Å². The molecular formula is C11H15N3O4S. The van der Waals surface area contributed by atoms with Gasteiger partial charge in [-0.3, -0.25) is 9.63 Å². The van der Waals surface area contributed by atoms with Crippen LogP contribution in [0, 0.1) is 0 Å². The van der Waals surface area contributed by atoms with E-state index in [1.54, 1.807) is 0 Å². The highest BCUT2D eigenvalue weighted by Crippen LogP contribution is 2.25. The van der Waals surface area contributed by atoms with E-state index in [9.17, 15) is 13.2 Å². The lowest BCUT2D eigenvalue weighted by atomic mass is 10.2. The van der Waals surface area contributed by atoms with Crippen molar-refractivity contribution in [2.75, 3.05) is 18.9 Å². The Hall–Kier alpha value is -1.64. The van der Waals surface area contributed by atoms with Crippen LogP contribution in [0.3, 0.4) is 0 Å². The molecular weight excluding hydrogens is 270 g/mol. The van der Waals surface area contributed by atoms with E-state index in [2.05, 4.69) is 0 Å². The summed E-state index contributed by atoms with van der Waals surface area (Å²) < 4.78 is 25.5. The summed E-state index contributed by atoms with van der Waals surface area (Å²) in [5, 5.41) is 0. The number of amides is 1. The second kappa shape index (κ2) is 5.16. The molecule has 1 aliphatic heterocycles. The molecule has 19 heavy (non-hydrogen) atoms. The first-order chi connectivity index (χ1) is 8.93. The second-order valence-corrected chi connectivity index (χ2v) is 5.99. The molecule has 4 N–H and O–H groups in total. The molecule has 2 rings (SSSR count). The molecule has 0 spiro atoms. The van der Waals surface area contributed by atoms with E-state index in [0.717, 1.165) is 17.3 Å². The predicted octanol–water partition coefficient (Wildman–Crippen LogP) is 0.0838. The Labute approximate surface area is 111 Å². The minimum absolute atomic E-state index is 0.0227. The number of anilines is 1. The number of hydrogen-bond acceptors (Lipinski definition) is 5. The number of sulfonamides is 1. The fraction of sp³-hybridized carbons (Fsp3) is 0.364. The highest BCUT2D eigenvalue weighted by molar-refractivity contribution is 7.89. The minimum Gasteiger partial charge on any atom is -0.398 e. The van der Waals surface area contributed by atoms with Crippen molar-refractivity contribution in [1.82, 2.24) is 4.47 Å². The van der Waals surface area contributed by atoms with Gasteiger partial charge in [0.05, 0.1) is 12.3 Å². The summed E-state index contributed by atoms with van der Waals surface area (Å²) in [4.78, 5) is 16.0. The molecule has 0 unspecified atom stereocenters. The van der Waals surface area contributed by atoms with Gasteiger partial charge in [0, 0.05) is 12.1 Å². The number of primary amides is 1. The van der Waals surface area contributed by atoms with Crippen LogP contribution in [0.25, 0.3) is 0 Å². The molecule has 1 saturated heterocycles. The summed E-state index contributed by atoms with van der Waals surface area (Å²) in [6.07, 6.45) is 1.56. The Balaban J connectivity index is 2.37. The summed E-state index contributed by atoms with van der Waals surface area (Å²) >= 11 is 0. The zero-order valence-corrected chi connectivity index (χ0v) is 11.0. The van der Waals surface area contributed by atoms with E-state index in [-0.39, 0.29) is 16.1 Å². The Morgan fingerprint density at radius 1 is 1.32 bits per heavy atom. The number of benzene rings is 1. The van der Waals surface area contributed by atoms with Gasteiger partial charge in [-0.2, -0.15) is 0 Å². The van der Waals surface area contributed by atoms with Crippen LogP contribution in [-0.4, -0.2) is 31.9 Å². The van der Waals surface area contributed by atoms with Crippen molar-refractivity contribution >= 4 is 21.6 Å². The van der Waals surface area contributed by atoms with E-state index >= 15 is 0 Å². The van der Waals surface area contributed by atoms with Gasteiger partial charge in [-0.25, -0.2) is 8.42 Å². The lowest BCUT2D eigenvalue weighted by molar-refractivity contribution is -0.108. The van der Waals surface area contributed by atoms with Crippen molar-refractivity contribution in [3.05, 3.63) is 23.8 Å². The molecule has 1 aliphatic rings. The highest BCUT2D eigenvalue weighted by Gasteiger charge is 2.29. The first-order valence-electron chi connectivity index (χ1n) is 5.78. The predicted molar refractivity (Wildman–Crippen MR) is 68.5 cm³/mol. The first kappa shape index (κ1) is 13.8. The Bertz CT molecular complexity index is 594. The molecule has 1 aromatic rings. The number of rotatable bonds is 3. The zero-order chi connectivity index (χ0) is 14.0. The fourth-order valence-corrected chi connectivity index (χ4v) is 3.21. The van der Waals surface area contributed by atoms with Gasteiger partial charge < -0.3 is 11.5 Å². The molecule has 1 aromatic carbocycles. The number of hydroxylamine groups is 1. The number of nitrogens with two attached hydrogens (primary N) is 2. The smallest absolute Gasteiger partial charge is 0.267 e. The van der Waals surface area contributed by atoms with E-state index in [0.29, 0.717) is 13.2 Å².